The molecule has 1 aliphatic rings. The van der Waals surface area contributed by atoms with Gasteiger partial charge in [0, 0.05) is 6.61 Å². The van der Waals surface area contributed by atoms with Gasteiger partial charge in [0.05, 0.1) is 12.3 Å². The molecule has 0 atom stereocenters. The Balaban J connectivity index is 1.76. The Morgan fingerprint density at radius 1 is 1.15 bits per heavy atom. The first-order valence-electron chi connectivity index (χ1n) is 9.21. The molecule has 0 aromatic heterocycles. The summed E-state index contributed by atoms with van der Waals surface area (Å²) in [4.78, 5) is 14.2. The second kappa shape index (κ2) is 8.58. The third kappa shape index (κ3) is 6.06. The quantitative estimate of drug-likeness (QED) is 0.625. The lowest BCUT2D eigenvalue weighted by Crippen LogP contribution is -2.46. The first kappa shape index (κ1) is 20.3. The largest absolute Gasteiger partial charge is 0.474 e. The summed E-state index contributed by atoms with van der Waals surface area (Å²) in [5, 5.41) is 0. The first-order valence-corrected chi connectivity index (χ1v) is 9.21. The average molecular weight is 361 g/mol. The highest BCUT2D eigenvalue weighted by molar-refractivity contribution is 5.71. The van der Waals surface area contributed by atoms with Crippen molar-refractivity contribution in [1.29, 1.82) is 0 Å². The van der Waals surface area contributed by atoms with E-state index in [9.17, 15) is 4.79 Å². The van der Waals surface area contributed by atoms with Crippen LogP contribution in [0.1, 0.15) is 59.4 Å². The van der Waals surface area contributed by atoms with Crippen molar-refractivity contribution in [3.8, 4) is 0 Å². The molecule has 0 aliphatic carbocycles. The molecule has 0 bridgehead atoms. The zero-order chi connectivity index (χ0) is 19.2. The number of rotatable bonds is 7. The van der Waals surface area contributed by atoms with Crippen molar-refractivity contribution in [2.24, 2.45) is 0 Å². The third-order valence-electron chi connectivity index (χ3n) is 3.97. The summed E-state index contributed by atoms with van der Waals surface area (Å²) < 4.78 is 16.9. The number of carbonyl (C=O) groups excluding carboxylic acids is 1. The van der Waals surface area contributed by atoms with E-state index in [1.807, 2.05) is 52.8 Å². The smallest absolute Gasteiger partial charge is 0.417 e. The molecule has 2 rings (SSSR count). The average Bonchev–Trinajstić information content (AvgIpc) is 2.85. The van der Waals surface area contributed by atoms with Crippen LogP contribution in [0.15, 0.2) is 42.3 Å². The number of amides is 1. The van der Waals surface area contributed by atoms with Gasteiger partial charge in [-0.05, 0) is 59.4 Å². The van der Waals surface area contributed by atoms with E-state index < -0.39 is 11.3 Å². The monoisotopic (exact) mass is 361 g/mol. The van der Waals surface area contributed by atoms with Gasteiger partial charge in [-0.25, -0.2) is 9.69 Å². The van der Waals surface area contributed by atoms with Gasteiger partial charge in [0.15, 0.2) is 5.72 Å². The van der Waals surface area contributed by atoms with Crippen molar-refractivity contribution < 1.29 is 19.0 Å². The lowest BCUT2D eigenvalue weighted by Gasteiger charge is -2.33. The highest BCUT2D eigenvalue weighted by Gasteiger charge is 2.41. The van der Waals surface area contributed by atoms with Gasteiger partial charge in [-0.15, -0.1) is 0 Å². The second-order valence-electron chi connectivity index (χ2n) is 7.98. The van der Waals surface area contributed by atoms with Gasteiger partial charge in [0.2, 0.25) is 0 Å². The number of hydrogen-bond acceptors (Lipinski definition) is 4. The fraction of sp³-hybridized carbons (Fsp3) is 0.571. The molecule has 0 saturated carbocycles. The summed E-state index contributed by atoms with van der Waals surface area (Å²) in [7, 11) is 0. The van der Waals surface area contributed by atoms with Gasteiger partial charge in [-0.2, -0.15) is 0 Å². The molecule has 26 heavy (non-hydrogen) atoms. The SMILES string of the molecule is CC(C)(C)OC(=O)N1C(CCCCOCc2ccccc2)=COC1(C)C. The zero-order valence-electron chi connectivity index (χ0n) is 16.6. The molecule has 0 fully saturated rings. The van der Waals surface area contributed by atoms with Crippen molar-refractivity contribution in [2.75, 3.05) is 6.61 Å². The summed E-state index contributed by atoms with van der Waals surface area (Å²) in [5.74, 6) is 0. The summed E-state index contributed by atoms with van der Waals surface area (Å²) in [6.07, 6.45) is 3.89. The molecule has 0 N–H and O–H groups in total. The van der Waals surface area contributed by atoms with Crippen LogP contribution in [0.25, 0.3) is 0 Å². The number of unbranched alkanes of at least 4 members (excludes halogenated alkanes) is 1. The first-order chi connectivity index (χ1) is 12.2. The normalized spacial score (nSPS) is 16.2. The van der Waals surface area contributed by atoms with Crippen LogP contribution in [0.4, 0.5) is 4.79 Å². The number of benzene rings is 1. The lowest BCUT2D eigenvalue weighted by molar-refractivity contribution is -0.0495. The molecule has 1 aromatic rings. The van der Waals surface area contributed by atoms with Crippen molar-refractivity contribution in [2.45, 2.75) is 71.8 Å². The summed E-state index contributed by atoms with van der Waals surface area (Å²) in [6, 6.07) is 10.1. The standard InChI is InChI=1S/C21H31NO4/c1-20(2,3)26-19(23)22-18(16-25-21(22,4)5)13-9-10-14-24-15-17-11-7-6-8-12-17/h6-8,11-12,16H,9-10,13-15H2,1-5H3. The maximum atomic E-state index is 12.5. The maximum Gasteiger partial charge on any atom is 0.417 e. The van der Waals surface area contributed by atoms with Crippen LogP contribution in [0.5, 0.6) is 0 Å². The van der Waals surface area contributed by atoms with E-state index >= 15 is 0 Å². The van der Waals surface area contributed by atoms with Crippen molar-refractivity contribution in [3.05, 3.63) is 47.9 Å². The fourth-order valence-corrected chi connectivity index (χ4v) is 2.75. The van der Waals surface area contributed by atoms with Gasteiger partial charge in [-0.1, -0.05) is 30.3 Å². The predicted molar refractivity (Wildman–Crippen MR) is 101 cm³/mol. The van der Waals surface area contributed by atoms with E-state index in [0.29, 0.717) is 13.2 Å². The van der Waals surface area contributed by atoms with E-state index in [-0.39, 0.29) is 6.09 Å². The molecular weight excluding hydrogens is 330 g/mol. The molecular formula is C21H31NO4. The van der Waals surface area contributed by atoms with Crippen LogP contribution >= 0.6 is 0 Å². The molecule has 0 spiro atoms. The molecule has 0 saturated heterocycles. The molecule has 1 amide bonds. The Morgan fingerprint density at radius 2 is 1.85 bits per heavy atom. The van der Waals surface area contributed by atoms with Gasteiger partial charge in [0.1, 0.15) is 11.9 Å². The number of ether oxygens (including phenoxy) is 3. The van der Waals surface area contributed by atoms with E-state index in [1.54, 1.807) is 11.2 Å². The van der Waals surface area contributed by atoms with Crippen LogP contribution in [0.3, 0.4) is 0 Å². The fourth-order valence-electron chi connectivity index (χ4n) is 2.75. The molecule has 1 heterocycles. The van der Waals surface area contributed by atoms with Crippen LogP contribution < -0.4 is 0 Å². The highest BCUT2D eigenvalue weighted by Crippen LogP contribution is 2.33. The number of carbonyl (C=O) groups is 1. The highest BCUT2D eigenvalue weighted by atomic mass is 16.6. The summed E-state index contributed by atoms with van der Waals surface area (Å²) >= 11 is 0. The van der Waals surface area contributed by atoms with E-state index in [4.69, 9.17) is 14.2 Å². The third-order valence-corrected chi connectivity index (χ3v) is 3.97. The minimum absolute atomic E-state index is 0.369. The van der Waals surface area contributed by atoms with E-state index in [1.165, 1.54) is 5.56 Å². The number of allylic oxidation sites excluding steroid dienone is 1. The number of hydrogen-bond donors (Lipinski definition) is 0. The Morgan fingerprint density at radius 3 is 2.50 bits per heavy atom. The van der Waals surface area contributed by atoms with Crippen molar-refractivity contribution >= 4 is 6.09 Å². The molecule has 0 radical (unpaired) electrons. The summed E-state index contributed by atoms with van der Waals surface area (Å²) in [5.41, 5.74) is 0.776. The van der Waals surface area contributed by atoms with Crippen molar-refractivity contribution in [3.63, 3.8) is 0 Å². The maximum absolute atomic E-state index is 12.5. The summed E-state index contributed by atoms with van der Waals surface area (Å²) in [6.45, 7) is 10.6. The van der Waals surface area contributed by atoms with Crippen LogP contribution in [-0.2, 0) is 20.8 Å². The van der Waals surface area contributed by atoms with Crippen molar-refractivity contribution in [1.82, 2.24) is 4.90 Å². The Kier molecular flexibility index (Phi) is 6.70. The van der Waals surface area contributed by atoms with Crippen LogP contribution in [0.2, 0.25) is 0 Å². The van der Waals surface area contributed by atoms with Gasteiger partial charge < -0.3 is 14.2 Å². The van der Waals surface area contributed by atoms with E-state index in [0.717, 1.165) is 25.0 Å². The van der Waals surface area contributed by atoms with Gasteiger partial charge >= 0.3 is 6.09 Å². The molecule has 5 nitrogen and oxygen atoms in total. The Hall–Kier alpha value is -2.01. The molecule has 0 unspecified atom stereocenters. The molecule has 5 heteroatoms. The zero-order valence-corrected chi connectivity index (χ0v) is 16.6. The predicted octanol–water partition coefficient (Wildman–Crippen LogP) is 5.22. The molecule has 1 aromatic carbocycles. The minimum atomic E-state index is -0.721. The topological polar surface area (TPSA) is 48.0 Å². The molecule has 144 valence electrons. The molecule has 1 aliphatic heterocycles. The lowest BCUT2D eigenvalue weighted by atomic mass is 10.1. The Bertz CT molecular complexity index is 617. The second-order valence-corrected chi connectivity index (χ2v) is 7.98. The van der Waals surface area contributed by atoms with Gasteiger partial charge in [0.25, 0.3) is 0 Å². The van der Waals surface area contributed by atoms with Crippen LogP contribution in [0, 0.1) is 0 Å². The van der Waals surface area contributed by atoms with Gasteiger partial charge in [-0.3, -0.25) is 0 Å². The Labute approximate surface area is 156 Å². The number of nitrogens with zero attached hydrogens (tertiary/aromatic N) is 1. The minimum Gasteiger partial charge on any atom is -0.474 e. The van der Waals surface area contributed by atoms with E-state index in [2.05, 4.69) is 12.1 Å². The van der Waals surface area contributed by atoms with Crippen LogP contribution in [-0.4, -0.2) is 28.9 Å².